The van der Waals surface area contributed by atoms with Crippen LogP contribution < -0.4 is 10.6 Å². The van der Waals surface area contributed by atoms with Gasteiger partial charge < -0.3 is 15.7 Å². The van der Waals surface area contributed by atoms with E-state index in [2.05, 4.69) is 31.4 Å². The number of carboxylic acid groups (broad SMARTS) is 1. The molecule has 0 bridgehead atoms. The third kappa shape index (κ3) is 3.62. The van der Waals surface area contributed by atoms with Crippen molar-refractivity contribution in [3.05, 3.63) is 0 Å². The number of rotatable bonds is 5. The largest absolute Gasteiger partial charge is 0.480 e. The van der Waals surface area contributed by atoms with Crippen molar-refractivity contribution >= 4 is 12.0 Å². The van der Waals surface area contributed by atoms with Gasteiger partial charge >= 0.3 is 12.0 Å². The van der Waals surface area contributed by atoms with Gasteiger partial charge in [0.2, 0.25) is 0 Å². The second kappa shape index (κ2) is 5.59. The molecular weight excluding hydrogens is 232 g/mol. The number of amides is 2. The molecule has 104 valence electrons. The van der Waals surface area contributed by atoms with Crippen molar-refractivity contribution in [3.8, 4) is 0 Å². The fraction of sp³-hybridized carbons (Fsp3) is 0.846. The van der Waals surface area contributed by atoms with E-state index in [4.69, 9.17) is 0 Å². The number of nitrogens with one attached hydrogen (secondary N) is 2. The zero-order valence-corrected chi connectivity index (χ0v) is 11.5. The van der Waals surface area contributed by atoms with Crippen LogP contribution in [0.3, 0.4) is 0 Å². The minimum absolute atomic E-state index is 0.0312. The molecule has 3 N–H and O–H groups in total. The molecule has 0 aliphatic heterocycles. The van der Waals surface area contributed by atoms with Gasteiger partial charge in [0, 0.05) is 6.54 Å². The summed E-state index contributed by atoms with van der Waals surface area (Å²) in [6.07, 6.45) is 3.71. The molecule has 0 aromatic carbocycles. The molecule has 1 aliphatic carbocycles. The van der Waals surface area contributed by atoms with Gasteiger partial charge in [0.25, 0.3) is 0 Å². The van der Waals surface area contributed by atoms with Gasteiger partial charge in [0.1, 0.15) is 5.54 Å². The number of carbonyl (C=O) groups is 2. The summed E-state index contributed by atoms with van der Waals surface area (Å²) in [6.45, 7) is 6.74. The van der Waals surface area contributed by atoms with Crippen LogP contribution in [0.4, 0.5) is 4.79 Å². The average molecular weight is 256 g/mol. The van der Waals surface area contributed by atoms with E-state index >= 15 is 0 Å². The minimum Gasteiger partial charge on any atom is -0.480 e. The molecule has 0 unspecified atom stereocenters. The van der Waals surface area contributed by atoms with Gasteiger partial charge in [0.05, 0.1) is 0 Å². The van der Waals surface area contributed by atoms with E-state index in [0.29, 0.717) is 19.4 Å². The number of aliphatic carboxylic acids is 1. The van der Waals surface area contributed by atoms with E-state index in [9.17, 15) is 14.7 Å². The predicted molar refractivity (Wildman–Crippen MR) is 69.4 cm³/mol. The molecule has 1 saturated carbocycles. The van der Waals surface area contributed by atoms with Crippen molar-refractivity contribution < 1.29 is 14.7 Å². The highest BCUT2D eigenvalue weighted by molar-refractivity contribution is 5.86. The highest BCUT2D eigenvalue weighted by Gasteiger charge is 2.42. The lowest BCUT2D eigenvalue weighted by Gasteiger charge is -2.28. The molecule has 1 rings (SSSR count). The maximum atomic E-state index is 11.8. The Bertz CT molecular complexity index is 320. The van der Waals surface area contributed by atoms with Gasteiger partial charge in [-0.05, 0) is 24.7 Å². The smallest absolute Gasteiger partial charge is 0.329 e. The average Bonchev–Trinajstić information content (AvgIpc) is 2.76. The summed E-state index contributed by atoms with van der Waals surface area (Å²) in [4.78, 5) is 23.1. The van der Waals surface area contributed by atoms with Crippen LogP contribution in [0.1, 0.15) is 52.9 Å². The van der Waals surface area contributed by atoms with Crippen LogP contribution >= 0.6 is 0 Å². The van der Waals surface area contributed by atoms with Crippen LogP contribution in [0.15, 0.2) is 0 Å². The molecule has 5 nitrogen and oxygen atoms in total. The van der Waals surface area contributed by atoms with Gasteiger partial charge in [-0.3, -0.25) is 0 Å². The van der Waals surface area contributed by atoms with Crippen LogP contribution in [-0.4, -0.2) is 29.2 Å². The Labute approximate surface area is 108 Å². The summed E-state index contributed by atoms with van der Waals surface area (Å²) in [5.41, 5.74) is -1.02. The second-order valence-corrected chi connectivity index (χ2v) is 5.92. The molecule has 0 atom stereocenters. The lowest BCUT2D eigenvalue weighted by Crippen LogP contribution is -2.56. The number of hydrogen-bond acceptors (Lipinski definition) is 2. The van der Waals surface area contributed by atoms with Gasteiger partial charge in [-0.15, -0.1) is 0 Å². The van der Waals surface area contributed by atoms with Crippen molar-refractivity contribution in [2.45, 2.75) is 58.4 Å². The first kappa shape index (κ1) is 14.8. The quantitative estimate of drug-likeness (QED) is 0.705. The fourth-order valence-corrected chi connectivity index (χ4v) is 2.08. The van der Waals surface area contributed by atoms with Gasteiger partial charge in [-0.2, -0.15) is 0 Å². The first-order valence-electron chi connectivity index (χ1n) is 6.61. The molecule has 0 saturated heterocycles. The monoisotopic (exact) mass is 256 g/mol. The third-order valence-electron chi connectivity index (χ3n) is 3.90. The standard InChI is InChI=1S/C13H24N2O3/c1-4-12(2,3)9-14-11(18)15-13(10(16)17)7-5-6-8-13/h4-9H2,1-3H3,(H,16,17)(H2,14,15,18). The summed E-state index contributed by atoms with van der Waals surface area (Å²) < 4.78 is 0. The number of hydrogen-bond donors (Lipinski definition) is 3. The zero-order valence-electron chi connectivity index (χ0n) is 11.5. The van der Waals surface area contributed by atoms with Gasteiger partial charge in [-0.1, -0.05) is 33.6 Å². The summed E-state index contributed by atoms with van der Waals surface area (Å²) >= 11 is 0. The molecule has 0 aromatic rings. The molecular formula is C13H24N2O3. The Morgan fingerprint density at radius 1 is 1.28 bits per heavy atom. The van der Waals surface area contributed by atoms with Crippen molar-refractivity contribution in [1.29, 1.82) is 0 Å². The molecule has 2 amide bonds. The first-order valence-corrected chi connectivity index (χ1v) is 6.61. The minimum atomic E-state index is -1.06. The van der Waals surface area contributed by atoms with Crippen LogP contribution in [-0.2, 0) is 4.79 Å². The predicted octanol–water partition coefficient (Wildman–Crippen LogP) is 2.12. The molecule has 0 aromatic heterocycles. The third-order valence-corrected chi connectivity index (χ3v) is 3.90. The van der Waals surface area contributed by atoms with E-state index in [1.54, 1.807) is 0 Å². The maximum Gasteiger partial charge on any atom is 0.329 e. The van der Waals surface area contributed by atoms with Crippen LogP contribution in [0.5, 0.6) is 0 Å². The second-order valence-electron chi connectivity index (χ2n) is 5.92. The number of carbonyl (C=O) groups excluding carboxylic acids is 1. The highest BCUT2D eigenvalue weighted by Crippen LogP contribution is 2.29. The van der Waals surface area contributed by atoms with Crippen molar-refractivity contribution in [3.63, 3.8) is 0 Å². The van der Waals surface area contributed by atoms with Crippen molar-refractivity contribution in [1.82, 2.24) is 10.6 Å². The van der Waals surface area contributed by atoms with Crippen LogP contribution in [0.2, 0.25) is 0 Å². The molecule has 0 radical (unpaired) electrons. The number of carboxylic acids is 1. The highest BCUT2D eigenvalue weighted by atomic mass is 16.4. The molecule has 0 heterocycles. The number of urea groups is 1. The Morgan fingerprint density at radius 3 is 2.28 bits per heavy atom. The van der Waals surface area contributed by atoms with E-state index < -0.39 is 11.5 Å². The van der Waals surface area contributed by atoms with E-state index in [0.717, 1.165) is 19.3 Å². The summed E-state index contributed by atoms with van der Waals surface area (Å²) in [5, 5.41) is 14.7. The Hall–Kier alpha value is -1.26. The lowest BCUT2D eigenvalue weighted by atomic mass is 9.90. The SMILES string of the molecule is CCC(C)(C)CNC(=O)NC1(C(=O)O)CCCC1. The Morgan fingerprint density at radius 2 is 1.83 bits per heavy atom. The maximum absolute atomic E-state index is 11.8. The van der Waals surface area contributed by atoms with Crippen LogP contribution in [0, 0.1) is 5.41 Å². The summed E-state index contributed by atoms with van der Waals surface area (Å²) in [6, 6.07) is -0.374. The Kier molecular flexibility index (Phi) is 4.59. The molecule has 18 heavy (non-hydrogen) atoms. The molecule has 0 spiro atoms. The summed E-state index contributed by atoms with van der Waals surface area (Å²) in [5.74, 6) is -0.926. The normalized spacial score (nSPS) is 18.4. The Balaban J connectivity index is 2.51. The molecule has 1 fully saturated rings. The van der Waals surface area contributed by atoms with E-state index in [1.807, 2.05) is 0 Å². The molecule has 1 aliphatic rings. The first-order chi connectivity index (χ1) is 8.31. The van der Waals surface area contributed by atoms with Gasteiger partial charge in [0.15, 0.2) is 0 Å². The zero-order chi connectivity index (χ0) is 13.8. The van der Waals surface area contributed by atoms with Gasteiger partial charge in [-0.25, -0.2) is 9.59 Å². The van der Waals surface area contributed by atoms with E-state index in [-0.39, 0.29) is 11.4 Å². The van der Waals surface area contributed by atoms with Crippen molar-refractivity contribution in [2.24, 2.45) is 5.41 Å². The van der Waals surface area contributed by atoms with Crippen molar-refractivity contribution in [2.75, 3.05) is 6.54 Å². The topological polar surface area (TPSA) is 78.4 Å². The van der Waals surface area contributed by atoms with Crippen LogP contribution in [0.25, 0.3) is 0 Å². The summed E-state index contributed by atoms with van der Waals surface area (Å²) in [7, 11) is 0. The fourth-order valence-electron chi connectivity index (χ4n) is 2.08. The lowest BCUT2D eigenvalue weighted by molar-refractivity contribution is -0.144. The van der Waals surface area contributed by atoms with E-state index in [1.165, 1.54) is 0 Å². The molecule has 5 heteroatoms.